The van der Waals surface area contributed by atoms with Crippen molar-refractivity contribution in [3.05, 3.63) is 53.6 Å². The molecule has 2 fully saturated rings. The normalized spacial score (nSPS) is 17.1. The summed E-state index contributed by atoms with van der Waals surface area (Å²) >= 11 is 0. The van der Waals surface area contributed by atoms with Crippen molar-refractivity contribution in [3.8, 4) is 0 Å². The third kappa shape index (κ3) is 6.57. The smallest absolute Gasteiger partial charge is 0.414 e. The van der Waals surface area contributed by atoms with E-state index in [9.17, 15) is 19.2 Å². The number of nitrogens with zero attached hydrogens (tertiary/aromatic N) is 6. The summed E-state index contributed by atoms with van der Waals surface area (Å²) in [6.45, 7) is 2.50. The molecule has 0 bridgehead atoms. The molecule has 1 aromatic carbocycles. The van der Waals surface area contributed by atoms with Crippen molar-refractivity contribution in [2.75, 3.05) is 62.7 Å². The number of benzene rings is 1. The van der Waals surface area contributed by atoms with Gasteiger partial charge in [0.05, 0.1) is 32.4 Å². The monoisotopic (exact) mass is 600 g/mol. The van der Waals surface area contributed by atoms with Crippen LogP contribution in [0.15, 0.2) is 30.7 Å². The average molecular weight is 601 g/mol. The zero-order valence-corrected chi connectivity index (χ0v) is 23.5. The predicted molar refractivity (Wildman–Crippen MR) is 148 cm³/mol. The lowest BCUT2D eigenvalue weighted by atomic mass is 10.2. The van der Waals surface area contributed by atoms with Gasteiger partial charge in [-0.3, -0.25) is 18.9 Å². The standard InChI is InChI=1S/C27H30F2N8O6/c1-16-10-31-25-33-21(15-36(25)13-16)24(39)30-12-22(38)34-4-3-5-35(7-6-34)23-19(28)8-17(9-20(23)29)37-14-18(43-27(37)41)11-32-26(40)42-2/h8-10,13,15,18H,3-7,11-12,14H2,1-2H3,(H,30,39)(H,32,40). The highest BCUT2D eigenvalue weighted by molar-refractivity contribution is 5.95. The maximum absolute atomic E-state index is 15.3. The van der Waals surface area contributed by atoms with Gasteiger partial charge in [0.2, 0.25) is 11.7 Å². The second-order valence-electron chi connectivity index (χ2n) is 10.1. The van der Waals surface area contributed by atoms with Crippen LogP contribution in [0.5, 0.6) is 0 Å². The van der Waals surface area contributed by atoms with Crippen LogP contribution in [0, 0.1) is 18.6 Å². The second-order valence-corrected chi connectivity index (χ2v) is 10.1. The number of amides is 4. The molecule has 2 aliphatic heterocycles. The maximum Gasteiger partial charge on any atom is 0.414 e. The van der Waals surface area contributed by atoms with Gasteiger partial charge in [0.1, 0.15) is 17.5 Å². The highest BCUT2D eigenvalue weighted by atomic mass is 19.1. The molecule has 16 heteroatoms. The Morgan fingerprint density at radius 3 is 2.60 bits per heavy atom. The van der Waals surface area contributed by atoms with Gasteiger partial charge in [-0.2, -0.15) is 0 Å². The number of imidazole rings is 1. The largest absolute Gasteiger partial charge is 0.453 e. The van der Waals surface area contributed by atoms with E-state index in [4.69, 9.17) is 4.74 Å². The van der Waals surface area contributed by atoms with Crippen molar-refractivity contribution in [1.29, 1.82) is 0 Å². The fourth-order valence-electron chi connectivity index (χ4n) is 4.96. The van der Waals surface area contributed by atoms with Crippen molar-refractivity contribution in [1.82, 2.24) is 29.9 Å². The predicted octanol–water partition coefficient (Wildman–Crippen LogP) is 1.47. The lowest BCUT2D eigenvalue weighted by Gasteiger charge is -2.25. The fourth-order valence-corrected chi connectivity index (χ4v) is 4.96. The van der Waals surface area contributed by atoms with Crippen LogP contribution >= 0.6 is 0 Å². The van der Waals surface area contributed by atoms with Gasteiger partial charge < -0.3 is 29.9 Å². The first kappa shape index (κ1) is 29.5. The molecule has 1 atom stereocenters. The van der Waals surface area contributed by atoms with Gasteiger partial charge in [0, 0.05) is 56.9 Å². The average Bonchev–Trinajstić information content (AvgIpc) is 3.48. The molecule has 4 heterocycles. The van der Waals surface area contributed by atoms with E-state index < -0.39 is 35.8 Å². The Bertz CT molecular complexity index is 1540. The topological polar surface area (TPSA) is 151 Å². The molecule has 2 aromatic heterocycles. The number of carbonyl (C=O) groups is 4. The zero-order chi connectivity index (χ0) is 30.7. The first-order chi connectivity index (χ1) is 20.6. The molecule has 2 saturated heterocycles. The Morgan fingerprint density at radius 2 is 1.86 bits per heavy atom. The van der Waals surface area contributed by atoms with Crippen molar-refractivity contribution in [2.45, 2.75) is 19.4 Å². The van der Waals surface area contributed by atoms with Gasteiger partial charge in [-0.25, -0.2) is 28.3 Å². The van der Waals surface area contributed by atoms with Crippen LogP contribution in [0.4, 0.5) is 29.7 Å². The van der Waals surface area contributed by atoms with E-state index in [2.05, 4.69) is 25.3 Å². The minimum Gasteiger partial charge on any atom is -0.453 e. The number of methoxy groups -OCH3 is 1. The number of ether oxygens (including phenoxy) is 2. The molecule has 2 N–H and O–H groups in total. The van der Waals surface area contributed by atoms with Crippen LogP contribution in [-0.2, 0) is 14.3 Å². The molecule has 2 aliphatic rings. The number of alkyl carbamates (subject to hydrolysis) is 1. The van der Waals surface area contributed by atoms with Crippen molar-refractivity contribution >= 4 is 41.2 Å². The summed E-state index contributed by atoms with van der Waals surface area (Å²) in [5.41, 5.74) is 0.730. The Kier molecular flexibility index (Phi) is 8.54. The van der Waals surface area contributed by atoms with E-state index in [1.54, 1.807) is 16.8 Å². The maximum atomic E-state index is 15.3. The molecule has 14 nitrogen and oxygen atoms in total. The van der Waals surface area contributed by atoms with Crippen LogP contribution in [0.2, 0.25) is 0 Å². The Balaban J connectivity index is 1.17. The van der Waals surface area contributed by atoms with Gasteiger partial charge in [-0.15, -0.1) is 0 Å². The molecular weight excluding hydrogens is 570 g/mol. The van der Waals surface area contributed by atoms with Crippen LogP contribution in [0.3, 0.4) is 0 Å². The summed E-state index contributed by atoms with van der Waals surface area (Å²) in [6.07, 6.45) is 3.16. The molecule has 5 rings (SSSR count). The number of aromatic nitrogens is 3. The summed E-state index contributed by atoms with van der Waals surface area (Å²) in [5, 5.41) is 4.98. The minimum atomic E-state index is -0.872. The van der Waals surface area contributed by atoms with Crippen molar-refractivity contribution in [2.24, 2.45) is 0 Å². The number of aryl methyl sites for hydroxylation is 1. The lowest BCUT2D eigenvalue weighted by molar-refractivity contribution is -0.129. The lowest BCUT2D eigenvalue weighted by Crippen LogP contribution is -2.42. The molecule has 1 unspecified atom stereocenters. The van der Waals surface area contributed by atoms with Crippen LogP contribution in [-0.4, -0.2) is 102 Å². The molecule has 0 spiro atoms. The molecule has 0 aliphatic carbocycles. The molecule has 4 amide bonds. The number of rotatable bonds is 7. The minimum absolute atomic E-state index is 0.0217. The van der Waals surface area contributed by atoms with Crippen LogP contribution in [0.25, 0.3) is 5.78 Å². The summed E-state index contributed by atoms with van der Waals surface area (Å²) < 4.78 is 41.8. The second kappa shape index (κ2) is 12.5. The first-order valence-electron chi connectivity index (χ1n) is 13.5. The van der Waals surface area contributed by atoms with E-state index in [-0.39, 0.29) is 62.2 Å². The Labute approximate surface area is 244 Å². The van der Waals surface area contributed by atoms with E-state index >= 15 is 8.78 Å². The third-order valence-electron chi connectivity index (χ3n) is 7.08. The number of hydrogen-bond acceptors (Lipinski definition) is 9. The third-order valence-corrected chi connectivity index (χ3v) is 7.08. The van der Waals surface area contributed by atoms with E-state index in [1.807, 2.05) is 6.92 Å². The number of cyclic esters (lactones) is 1. The number of carbonyl (C=O) groups excluding carboxylic acids is 4. The number of anilines is 2. The number of fused-ring (bicyclic) bond motifs is 1. The highest BCUT2D eigenvalue weighted by Crippen LogP contribution is 2.31. The Morgan fingerprint density at radius 1 is 1.09 bits per heavy atom. The molecule has 0 radical (unpaired) electrons. The SMILES string of the molecule is COC(=O)NCC1CN(c2cc(F)c(N3CCCN(C(=O)CNC(=O)c4cn5cc(C)cnc5n4)CC3)c(F)c2)C(=O)O1. The van der Waals surface area contributed by atoms with Gasteiger partial charge >= 0.3 is 12.2 Å². The fraction of sp³-hybridized carbons (Fsp3) is 0.407. The van der Waals surface area contributed by atoms with Gasteiger partial charge in [0.15, 0.2) is 11.6 Å². The highest BCUT2D eigenvalue weighted by Gasteiger charge is 2.34. The summed E-state index contributed by atoms with van der Waals surface area (Å²) in [6, 6.07) is 2.10. The van der Waals surface area contributed by atoms with E-state index in [1.165, 1.54) is 23.1 Å². The molecule has 228 valence electrons. The number of hydrogen-bond donors (Lipinski definition) is 2. The summed E-state index contributed by atoms with van der Waals surface area (Å²) in [4.78, 5) is 61.5. The first-order valence-corrected chi connectivity index (χ1v) is 13.5. The van der Waals surface area contributed by atoms with E-state index in [0.717, 1.165) is 22.6 Å². The Hall–Kier alpha value is -5.02. The van der Waals surface area contributed by atoms with Crippen molar-refractivity contribution in [3.63, 3.8) is 0 Å². The molecule has 0 saturated carbocycles. The molecular formula is C27H30F2N8O6. The number of nitrogens with one attached hydrogen (secondary N) is 2. The molecule has 43 heavy (non-hydrogen) atoms. The van der Waals surface area contributed by atoms with Gasteiger partial charge in [0.25, 0.3) is 5.91 Å². The zero-order valence-electron chi connectivity index (χ0n) is 23.5. The quantitative estimate of drug-likeness (QED) is 0.411. The summed E-state index contributed by atoms with van der Waals surface area (Å²) in [7, 11) is 1.19. The van der Waals surface area contributed by atoms with Gasteiger partial charge in [-0.05, 0) is 18.9 Å². The molecule has 3 aromatic rings. The van der Waals surface area contributed by atoms with E-state index in [0.29, 0.717) is 18.7 Å². The van der Waals surface area contributed by atoms with Gasteiger partial charge in [-0.1, -0.05) is 0 Å². The van der Waals surface area contributed by atoms with Crippen molar-refractivity contribution < 1.29 is 37.4 Å². The summed E-state index contributed by atoms with van der Waals surface area (Å²) in [5.74, 6) is -2.25. The van der Waals surface area contributed by atoms with Crippen LogP contribution < -0.4 is 20.4 Å². The van der Waals surface area contributed by atoms with Crippen LogP contribution in [0.1, 0.15) is 22.5 Å². The number of halogens is 2.